The summed E-state index contributed by atoms with van der Waals surface area (Å²) >= 11 is 3.13. The van der Waals surface area contributed by atoms with Crippen LogP contribution in [0.5, 0.6) is 0 Å². The van der Waals surface area contributed by atoms with Gasteiger partial charge in [0.05, 0.1) is 5.03 Å². The molecule has 3 aliphatic rings. The van der Waals surface area contributed by atoms with Gasteiger partial charge in [0.25, 0.3) is 0 Å². The maximum absolute atomic E-state index is 13.2. The van der Waals surface area contributed by atoms with Gasteiger partial charge in [0.15, 0.2) is 0 Å². The number of carbonyl (C=O) groups is 1. The summed E-state index contributed by atoms with van der Waals surface area (Å²) in [5.41, 5.74) is 2.95. The van der Waals surface area contributed by atoms with Crippen LogP contribution in [0.3, 0.4) is 0 Å². The molecule has 6 rings (SSSR count). The van der Waals surface area contributed by atoms with E-state index in [2.05, 4.69) is 34.5 Å². The molecule has 5 nitrogen and oxygen atoms in total. The van der Waals surface area contributed by atoms with Crippen LogP contribution in [0.15, 0.2) is 58.4 Å². The minimum Gasteiger partial charge on any atom is -0.378 e. The number of amides is 1. The summed E-state index contributed by atoms with van der Waals surface area (Å²) in [6, 6.07) is 14.4. The third kappa shape index (κ3) is 4.00. The molecule has 0 spiro atoms. The number of carbonyl (C=O) groups excluding carboxylic acids is 1. The molecule has 182 valence electrons. The lowest BCUT2D eigenvalue weighted by atomic mass is 9.75. The molecule has 1 aromatic heterocycles. The highest BCUT2D eigenvalue weighted by Crippen LogP contribution is 2.64. The van der Waals surface area contributed by atoms with Crippen LogP contribution < -0.4 is 15.1 Å². The van der Waals surface area contributed by atoms with E-state index < -0.39 is 0 Å². The van der Waals surface area contributed by atoms with E-state index in [9.17, 15) is 14.0 Å². The van der Waals surface area contributed by atoms with Crippen LogP contribution in [-0.2, 0) is 11.3 Å². The fourth-order valence-electron chi connectivity index (χ4n) is 6.32. The molecule has 0 saturated heterocycles. The summed E-state index contributed by atoms with van der Waals surface area (Å²) in [5, 5.41) is 4.25. The molecule has 5 atom stereocenters. The number of fused-ring (bicyclic) bond motifs is 6. The lowest BCUT2D eigenvalue weighted by molar-refractivity contribution is -0.116. The van der Waals surface area contributed by atoms with Crippen molar-refractivity contribution in [2.75, 3.05) is 24.3 Å². The molecule has 1 amide bonds. The van der Waals surface area contributed by atoms with Crippen molar-refractivity contribution >= 4 is 40.4 Å². The second kappa shape index (κ2) is 8.82. The van der Waals surface area contributed by atoms with E-state index in [-0.39, 0.29) is 29.1 Å². The van der Waals surface area contributed by atoms with Crippen molar-refractivity contribution in [3.05, 3.63) is 74.5 Å². The van der Waals surface area contributed by atoms with Crippen molar-refractivity contribution in [2.45, 2.75) is 42.0 Å². The predicted molar refractivity (Wildman–Crippen MR) is 140 cm³/mol. The van der Waals surface area contributed by atoms with Gasteiger partial charge in [-0.1, -0.05) is 23.5 Å². The Hall–Kier alpha value is -2.58. The number of thioether (sulfide) groups is 1. The first kappa shape index (κ1) is 22.9. The summed E-state index contributed by atoms with van der Waals surface area (Å²) in [7, 11) is 4.08. The topological polar surface area (TPSA) is 54.3 Å². The van der Waals surface area contributed by atoms with Gasteiger partial charge in [-0.25, -0.2) is 4.39 Å². The van der Waals surface area contributed by atoms with Crippen molar-refractivity contribution in [1.82, 2.24) is 4.57 Å². The Morgan fingerprint density at radius 3 is 2.51 bits per heavy atom. The number of hydrogen-bond acceptors (Lipinski definition) is 5. The van der Waals surface area contributed by atoms with Gasteiger partial charge >= 0.3 is 4.87 Å². The molecule has 2 bridgehead atoms. The maximum Gasteiger partial charge on any atom is 0.308 e. The van der Waals surface area contributed by atoms with E-state index in [0.717, 1.165) is 15.6 Å². The Labute approximate surface area is 212 Å². The Morgan fingerprint density at radius 1 is 1.09 bits per heavy atom. The van der Waals surface area contributed by atoms with Crippen LogP contribution in [0.25, 0.3) is 0 Å². The summed E-state index contributed by atoms with van der Waals surface area (Å²) in [5.74, 6) is 1.49. The second-order valence-corrected chi connectivity index (χ2v) is 12.3. The number of nitrogens with zero attached hydrogens (tertiary/aromatic N) is 2. The molecule has 2 saturated carbocycles. The molecule has 1 aliphatic heterocycles. The van der Waals surface area contributed by atoms with E-state index in [1.807, 2.05) is 25.9 Å². The van der Waals surface area contributed by atoms with Crippen LogP contribution in [0.1, 0.15) is 35.6 Å². The summed E-state index contributed by atoms with van der Waals surface area (Å²) < 4.78 is 14.9. The van der Waals surface area contributed by atoms with Crippen molar-refractivity contribution in [2.24, 2.45) is 17.8 Å². The first-order chi connectivity index (χ1) is 16.9. The standard InChI is InChI=1S/C27H28FN3O2S2/c1-30(2)20-11-5-15(6-12-20)22-23-16-3-4-17(13-16)24(23)34-26-25(22)35-27(33)31(26)14-21(32)29-19-9-7-18(28)8-10-19/h5-12,16-17,22-24H,3-4,13-14H2,1-2H3,(H,29,32). The zero-order chi connectivity index (χ0) is 24.3. The highest BCUT2D eigenvalue weighted by molar-refractivity contribution is 8.00. The summed E-state index contributed by atoms with van der Waals surface area (Å²) in [6.07, 6.45) is 3.82. The molecule has 2 aromatic carbocycles. The fourth-order valence-corrected chi connectivity index (χ4v) is 9.47. The van der Waals surface area contributed by atoms with Crippen molar-refractivity contribution in [1.29, 1.82) is 0 Å². The number of halogens is 1. The van der Waals surface area contributed by atoms with Crippen molar-refractivity contribution in [3.63, 3.8) is 0 Å². The largest absolute Gasteiger partial charge is 0.378 e. The van der Waals surface area contributed by atoms with Gasteiger partial charge in [-0.2, -0.15) is 0 Å². The minimum atomic E-state index is -0.354. The molecule has 5 unspecified atom stereocenters. The smallest absolute Gasteiger partial charge is 0.308 e. The summed E-state index contributed by atoms with van der Waals surface area (Å²) in [6.45, 7) is -0.0349. The molecule has 1 N–H and O–H groups in total. The van der Waals surface area contributed by atoms with Gasteiger partial charge in [0, 0.05) is 41.5 Å². The average molecular weight is 510 g/mol. The summed E-state index contributed by atoms with van der Waals surface area (Å²) in [4.78, 5) is 29.2. The molecule has 2 heterocycles. The Kier molecular flexibility index (Phi) is 5.76. The van der Waals surface area contributed by atoms with E-state index in [4.69, 9.17) is 0 Å². The Bertz CT molecular complexity index is 1320. The number of rotatable bonds is 5. The third-order valence-corrected chi connectivity index (χ3v) is 10.7. The molecule has 3 aromatic rings. The van der Waals surface area contributed by atoms with Crippen molar-refractivity contribution < 1.29 is 9.18 Å². The van der Waals surface area contributed by atoms with E-state index in [1.165, 1.54) is 60.4 Å². The lowest BCUT2D eigenvalue weighted by Gasteiger charge is -2.40. The van der Waals surface area contributed by atoms with Crippen LogP contribution >= 0.6 is 23.1 Å². The zero-order valence-electron chi connectivity index (χ0n) is 19.7. The van der Waals surface area contributed by atoms with Crippen LogP contribution in [-0.4, -0.2) is 29.8 Å². The maximum atomic E-state index is 13.2. The number of thiazole rings is 1. The predicted octanol–water partition coefficient (Wildman–Crippen LogP) is 5.41. The van der Waals surface area contributed by atoms with Crippen LogP contribution in [0, 0.1) is 23.6 Å². The van der Waals surface area contributed by atoms with E-state index in [0.29, 0.717) is 28.7 Å². The highest BCUT2D eigenvalue weighted by Gasteiger charge is 2.55. The number of hydrogen-bond donors (Lipinski definition) is 1. The first-order valence-electron chi connectivity index (χ1n) is 12.1. The Morgan fingerprint density at radius 2 is 1.80 bits per heavy atom. The first-order valence-corrected chi connectivity index (χ1v) is 13.8. The van der Waals surface area contributed by atoms with Gasteiger partial charge in [-0.15, -0.1) is 11.8 Å². The molecular weight excluding hydrogens is 481 g/mol. The van der Waals surface area contributed by atoms with Crippen molar-refractivity contribution in [3.8, 4) is 0 Å². The second-order valence-electron chi connectivity index (χ2n) is 10.1. The normalized spacial score (nSPS) is 26.3. The van der Waals surface area contributed by atoms with Gasteiger partial charge in [0.1, 0.15) is 12.4 Å². The third-order valence-electron chi connectivity index (χ3n) is 7.89. The van der Waals surface area contributed by atoms with Crippen LogP contribution in [0.2, 0.25) is 0 Å². The average Bonchev–Trinajstić information content (AvgIpc) is 3.54. The van der Waals surface area contributed by atoms with Gasteiger partial charge in [-0.05, 0) is 79.0 Å². The number of anilines is 2. The minimum absolute atomic E-state index is 0.0349. The molecule has 2 fully saturated rings. The zero-order valence-corrected chi connectivity index (χ0v) is 21.4. The molecule has 0 radical (unpaired) electrons. The van der Waals surface area contributed by atoms with Gasteiger partial charge in [-0.3, -0.25) is 14.2 Å². The highest BCUT2D eigenvalue weighted by atomic mass is 32.2. The fraction of sp³-hybridized carbons (Fsp3) is 0.407. The van der Waals surface area contributed by atoms with E-state index in [1.54, 1.807) is 4.57 Å². The number of aromatic nitrogens is 1. The molecule has 35 heavy (non-hydrogen) atoms. The van der Waals surface area contributed by atoms with Gasteiger partial charge < -0.3 is 10.2 Å². The quantitative estimate of drug-likeness (QED) is 0.500. The Balaban J connectivity index is 1.35. The number of benzene rings is 2. The molecular formula is C27H28FN3O2S2. The molecule has 8 heteroatoms. The molecule has 2 aliphatic carbocycles. The lowest BCUT2D eigenvalue weighted by Crippen LogP contribution is -2.34. The number of nitrogens with one attached hydrogen (secondary N) is 1. The van der Waals surface area contributed by atoms with Gasteiger partial charge in [0.2, 0.25) is 5.91 Å². The monoisotopic (exact) mass is 509 g/mol. The van der Waals surface area contributed by atoms with E-state index >= 15 is 0 Å². The van der Waals surface area contributed by atoms with Crippen LogP contribution in [0.4, 0.5) is 15.8 Å². The SMILES string of the molecule is CN(C)c1ccc(C2c3sc(=O)n(CC(=O)Nc4ccc(F)cc4)c3SC3C4CCC(C4)C23)cc1.